The number of benzene rings is 1. The fraction of sp³-hybridized carbons (Fsp3) is 0.143. The predicted molar refractivity (Wildman–Crippen MR) is 47.3 cm³/mol. The zero-order valence-corrected chi connectivity index (χ0v) is 7.88. The van der Waals surface area contributed by atoms with E-state index in [1.165, 1.54) is 0 Å². The highest BCUT2D eigenvalue weighted by Gasteiger charge is 2.36. The Morgan fingerprint density at radius 3 is 2.33 bits per heavy atom. The zero-order valence-electron chi connectivity index (χ0n) is 7.12. The van der Waals surface area contributed by atoms with Crippen molar-refractivity contribution in [2.75, 3.05) is 0 Å². The standard InChI is InChI=1S/C7H5BClF3O3/c9-5-3-1-2-4(7(10,11)12)6(5)15-8(13)14/h1-3,13-14H. The summed E-state index contributed by atoms with van der Waals surface area (Å²) in [6, 6.07) is 2.96. The van der Waals surface area contributed by atoms with Crippen LogP contribution in [0.2, 0.25) is 5.02 Å². The average Bonchev–Trinajstić information content (AvgIpc) is 2.05. The van der Waals surface area contributed by atoms with Gasteiger partial charge in [0.15, 0.2) is 0 Å². The molecule has 0 aromatic heterocycles. The van der Waals surface area contributed by atoms with Gasteiger partial charge in [0.1, 0.15) is 5.75 Å². The van der Waals surface area contributed by atoms with Crippen LogP contribution in [0.4, 0.5) is 13.2 Å². The van der Waals surface area contributed by atoms with Gasteiger partial charge in [-0.1, -0.05) is 17.7 Å². The van der Waals surface area contributed by atoms with Crippen LogP contribution < -0.4 is 4.65 Å². The second-order valence-corrected chi connectivity index (χ2v) is 2.97. The molecule has 1 aromatic rings. The monoisotopic (exact) mass is 240 g/mol. The van der Waals surface area contributed by atoms with Gasteiger partial charge >= 0.3 is 13.5 Å². The molecule has 0 aliphatic carbocycles. The van der Waals surface area contributed by atoms with Crippen molar-refractivity contribution in [3.63, 3.8) is 0 Å². The minimum absolute atomic E-state index is 0.349. The topological polar surface area (TPSA) is 49.7 Å². The summed E-state index contributed by atoms with van der Waals surface area (Å²) >= 11 is 5.43. The van der Waals surface area contributed by atoms with Crippen molar-refractivity contribution in [1.29, 1.82) is 0 Å². The van der Waals surface area contributed by atoms with Crippen molar-refractivity contribution >= 4 is 18.9 Å². The molecule has 2 N–H and O–H groups in total. The molecule has 82 valence electrons. The third kappa shape index (κ3) is 3.02. The SMILES string of the molecule is OB(O)Oc1c(Cl)cccc1C(F)(F)F. The van der Waals surface area contributed by atoms with E-state index in [1.54, 1.807) is 0 Å². The Balaban J connectivity index is 3.21. The van der Waals surface area contributed by atoms with E-state index in [4.69, 9.17) is 21.6 Å². The number of rotatable bonds is 2. The third-order valence-corrected chi connectivity index (χ3v) is 1.79. The molecule has 0 aliphatic heterocycles. The Morgan fingerprint density at radius 1 is 1.27 bits per heavy atom. The highest BCUT2D eigenvalue weighted by Crippen LogP contribution is 2.40. The summed E-state index contributed by atoms with van der Waals surface area (Å²) in [5, 5.41) is 16.5. The summed E-state index contributed by atoms with van der Waals surface area (Å²) in [7, 11) is -2.36. The number of alkyl halides is 3. The first-order valence-electron chi connectivity index (χ1n) is 3.71. The molecule has 8 heteroatoms. The molecule has 1 rings (SSSR count). The van der Waals surface area contributed by atoms with E-state index in [0.29, 0.717) is 0 Å². The molecular formula is C7H5BClF3O3. The predicted octanol–water partition coefficient (Wildman–Crippen LogP) is 1.71. The molecule has 0 spiro atoms. The summed E-state index contributed by atoms with van der Waals surface area (Å²) in [6.45, 7) is 0. The fourth-order valence-electron chi connectivity index (χ4n) is 0.957. The van der Waals surface area contributed by atoms with Crippen molar-refractivity contribution in [2.45, 2.75) is 6.18 Å². The lowest BCUT2D eigenvalue weighted by Gasteiger charge is -2.14. The van der Waals surface area contributed by atoms with Crippen LogP contribution in [-0.4, -0.2) is 17.4 Å². The third-order valence-electron chi connectivity index (χ3n) is 1.50. The van der Waals surface area contributed by atoms with Gasteiger partial charge in [0, 0.05) is 0 Å². The van der Waals surface area contributed by atoms with E-state index >= 15 is 0 Å². The second-order valence-electron chi connectivity index (χ2n) is 2.56. The van der Waals surface area contributed by atoms with Crippen LogP contribution in [0.1, 0.15) is 5.56 Å². The van der Waals surface area contributed by atoms with Gasteiger partial charge < -0.3 is 14.7 Å². The molecule has 0 saturated carbocycles. The van der Waals surface area contributed by atoms with Gasteiger partial charge in [-0.05, 0) is 12.1 Å². The number of para-hydroxylation sites is 1. The molecule has 1 aromatic carbocycles. The largest absolute Gasteiger partial charge is 0.707 e. The summed E-state index contributed by atoms with van der Waals surface area (Å²) in [5.74, 6) is -0.804. The Labute approximate surface area is 88.2 Å². The Hall–Kier alpha value is -0.915. The van der Waals surface area contributed by atoms with Crippen molar-refractivity contribution < 1.29 is 27.9 Å². The molecule has 0 radical (unpaired) electrons. The van der Waals surface area contributed by atoms with Crippen molar-refractivity contribution in [3.8, 4) is 5.75 Å². The van der Waals surface area contributed by atoms with Crippen molar-refractivity contribution in [3.05, 3.63) is 28.8 Å². The van der Waals surface area contributed by atoms with Gasteiger partial charge in [0.05, 0.1) is 10.6 Å². The number of hydrogen-bond acceptors (Lipinski definition) is 3. The van der Waals surface area contributed by atoms with Gasteiger partial charge in [-0.15, -0.1) is 0 Å². The second kappa shape index (κ2) is 4.30. The summed E-state index contributed by atoms with van der Waals surface area (Å²) in [6.07, 6.45) is -4.67. The molecule has 3 nitrogen and oxygen atoms in total. The van der Waals surface area contributed by atoms with Crippen LogP contribution in [0.5, 0.6) is 5.75 Å². The molecule has 0 aliphatic rings. The lowest BCUT2D eigenvalue weighted by molar-refractivity contribution is -0.138. The Kier molecular flexibility index (Phi) is 3.48. The Bertz CT molecular complexity index is 356. The zero-order chi connectivity index (χ0) is 11.6. The molecule has 0 amide bonds. The van der Waals surface area contributed by atoms with E-state index < -0.39 is 24.8 Å². The van der Waals surface area contributed by atoms with Crippen molar-refractivity contribution in [1.82, 2.24) is 0 Å². The minimum atomic E-state index is -4.67. The molecule has 0 saturated heterocycles. The lowest BCUT2D eigenvalue weighted by Crippen LogP contribution is -2.23. The quantitative estimate of drug-likeness (QED) is 0.774. The van der Waals surface area contributed by atoms with Crippen LogP contribution in [-0.2, 0) is 6.18 Å². The van der Waals surface area contributed by atoms with E-state index in [-0.39, 0.29) is 5.02 Å². The lowest BCUT2D eigenvalue weighted by atomic mass is 10.1. The van der Waals surface area contributed by atoms with Crippen LogP contribution in [0.15, 0.2) is 18.2 Å². The molecular weight excluding hydrogens is 235 g/mol. The van der Waals surface area contributed by atoms with Crippen LogP contribution in [0.3, 0.4) is 0 Å². The van der Waals surface area contributed by atoms with Crippen molar-refractivity contribution in [2.24, 2.45) is 0 Å². The summed E-state index contributed by atoms with van der Waals surface area (Å²) in [4.78, 5) is 0. The molecule has 0 heterocycles. The van der Waals surface area contributed by atoms with Crippen LogP contribution in [0, 0.1) is 0 Å². The number of halogens is 4. The normalized spacial score (nSPS) is 11.3. The van der Waals surface area contributed by atoms with E-state index in [2.05, 4.69) is 4.65 Å². The number of hydrogen-bond donors (Lipinski definition) is 2. The van der Waals surface area contributed by atoms with E-state index in [9.17, 15) is 13.2 Å². The highest BCUT2D eigenvalue weighted by molar-refractivity contribution is 6.36. The smallest absolute Gasteiger partial charge is 0.510 e. The summed E-state index contributed by atoms with van der Waals surface area (Å²) < 4.78 is 41.3. The maximum absolute atomic E-state index is 12.4. The Morgan fingerprint density at radius 2 is 1.87 bits per heavy atom. The van der Waals surface area contributed by atoms with E-state index in [1.807, 2.05) is 0 Å². The first-order chi connectivity index (χ1) is 6.82. The van der Waals surface area contributed by atoms with Gasteiger partial charge in [-0.3, -0.25) is 0 Å². The summed E-state index contributed by atoms with van der Waals surface area (Å²) in [5.41, 5.74) is -1.16. The first kappa shape index (κ1) is 12.2. The average molecular weight is 240 g/mol. The minimum Gasteiger partial charge on any atom is -0.510 e. The molecule has 0 bridgehead atoms. The molecule has 0 atom stereocenters. The van der Waals surface area contributed by atoms with Gasteiger partial charge in [-0.2, -0.15) is 13.2 Å². The van der Waals surface area contributed by atoms with Gasteiger partial charge in [0.25, 0.3) is 0 Å². The first-order valence-corrected chi connectivity index (χ1v) is 4.08. The van der Waals surface area contributed by atoms with Gasteiger partial charge in [-0.25, -0.2) is 0 Å². The van der Waals surface area contributed by atoms with Gasteiger partial charge in [0.2, 0.25) is 0 Å². The van der Waals surface area contributed by atoms with Crippen LogP contribution in [0.25, 0.3) is 0 Å². The molecule has 0 unspecified atom stereocenters. The maximum Gasteiger partial charge on any atom is 0.707 e. The fourth-order valence-corrected chi connectivity index (χ4v) is 1.18. The molecule has 0 fully saturated rings. The highest BCUT2D eigenvalue weighted by atomic mass is 35.5. The van der Waals surface area contributed by atoms with E-state index in [0.717, 1.165) is 18.2 Å². The maximum atomic E-state index is 12.4. The van der Waals surface area contributed by atoms with Crippen LogP contribution >= 0.6 is 11.6 Å². The molecule has 15 heavy (non-hydrogen) atoms.